The topological polar surface area (TPSA) is 61.9 Å². The molecule has 0 radical (unpaired) electrons. The van der Waals surface area contributed by atoms with Crippen molar-refractivity contribution in [2.75, 3.05) is 7.11 Å². The summed E-state index contributed by atoms with van der Waals surface area (Å²) in [6.45, 7) is 2.00. The van der Waals surface area contributed by atoms with E-state index >= 15 is 0 Å². The van der Waals surface area contributed by atoms with Crippen LogP contribution in [0.3, 0.4) is 0 Å². The highest BCUT2D eigenvalue weighted by atomic mass is 16.5. The molecule has 6 heteroatoms. The van der Waals surface area contributed by atoms with Gasteiger partial charge in [-0.25, -0.2) is 0 Å². The number of hydrogen-bond donors (Lipinski definition) is 0. The summed E-state index contributed by atoms with van der Waals surface area (Å²) in [6, 6.07) is 1.80. The lowest BCUT2D eigenvalue weighted by Crippen LogP contribution is -2.13. The van der Waals surface area contributed by atoms with Gasteiger partial charge in [-0.2, -0.15) is 10.2 Å². The lowest BCUT2D eigenvalue weighted by Gasteiger charge is -2.04. The van der Waals surface area contributed by atoms with Gasteiger partial charge in [0.1, 0.15) is 5.69 Å². The Morgan fingerprint density at radius 3 is 2.67 bits per heavy atom. The van der Waals surface area contributed by atoms with E-state index in [1.165, 1.54) is 18.0 Å². The van der Waals surface area contributed by atoms with Gasteiger partial charge in [-0.05, 0) is 12.5 Å². The molecule has 18 heavy (non-hydrogen) atoms. The molecule has 0 saturated heterocycles. The predicted octanol–water partition coefficient (Wildman–Crippen LogP) is 0.956. The van der Waals surface area contributed by atoms with E-state index in [1.807, 2.05) is 6.92 Å². The van der Waals surface area contributed by atoms with Crippen molar-refractivity contribution in [1.82, 2.24) is 19.6 Å². The van der Waals surface area contributed by atoms with Crippen LogP contribution in [0.4, 0.5) is 0 Å². The average Bonchev–Trinajstić information content (AvgIpc) is 2.91. The molecule has 2 aromatic rings. The van der Waals surface area contributed by atoms with Gasteiger partial charge in [0, 0.05) is 14.1 Å². The van der Waals surface area contributed by atoms with Crippen LogP contribution >= 0.6 is 0 Å². The standard InChI is InChI=1S/C12H16N4O2/c1-5-8-6-9(15(2)14-8)12(17)11-10(18-4)7-13-16(11)3/h6-7H,5H2,1-4H3. The first-order valence-electron chi connectivity index (χ1n) is 5.72. The highest BCUT2D eigenvalue weighted by Crippen LogP contribution is 2.20. The molecule has 6 nitrogen and oxygen atoms in total. The van der Waals surface area contributed by atoms with E-state index in [9.17, 15) is 4.79 Å². The SMILES string of the molecule is CCc1cc(C(=O)c2c(OC)cnn2C)n(C)n1. The lowest BCUT2D eigenvalue weighted by atomic mass is 10.2. The second-order valence-electron chi connectivity index (χ2n) is 4.01. The second-order valence-corrected chi connectivity index (χ2v) is 4.01. The average molecular weight is 248 g/mol. The summed E-state index contributed by atoms with van der Waals surface area (Å²) < 4.78 is 8.25. The maximum Gasteiger partial charge on any atom is 0.232 e. The molecule has 0 aliphatic heterocycles. The maximum absolute atomic E-state index is 12.5. The first-order chi connectivity index (χ1) is 8.58. The van der Waals surface area contributed by atoms with E-state index in [2.05, 4.69) is 10.2 Å². The number of ether oxygens (including phenoxy) is 1. The highest BCUT2D eigenvalue weighted by Gasteiger charge is 2.22. The van der Waals surface area contributed by atoms with Crippen LogP contribution in [0.1, 0.15) is 28.8 Å². The third-order valence-electron chi connectivity index (χ3n) is 2.87. The summed E-state index contributed by atoms with van der Waals surface area (Å²) in [7, 11) is 5.00. The Kier molecular flexibility index (Phi) is 3.18. The maximum atomic E-state index is 12.5. The van der Waals surface area contributed by atoms with Crippen molar-refractivity contribution >= 4 is 5.78 Å². The van der Waals surface area contributed by atoms with Crippen molar-refractivity contribution in [3.05, 3.63) is 29.3 Å². The van der Waals surface area contributed by atoms with E-state index in [0.29, 0.717) is 17.1 Å². The molecule has 96 valence electrons. The number of aryl methyl sites for hydroxylation is 3. The fourth-order valence-electron chi connectivity index (χ4n) is 1.86. The van der Waals surface area contributed by atoms with Gasteiger partial charge in [-0.1, -0.05) is 6.92 Å². The Morgan fingerprint density at radius 1 is 1.39 bits per heavy atom. The fourth-order valence-corrected chi connectivity index (χ4v) is 1.86. The van der Waals surface area contributed by atoms with Crippen LogP contribution < -0.4 is 4.74 Å². The zero-order chi connectivity index (χ0) is 13.3. The fraction of sp³-hybridized carbons (Fsp3) is 0.417. The van der Waals surface area contributed by atoms with Crippen LogP contribution in [-0.2, 0) is 20.5 Å². The van der Waals surface area contributed by atoms with Crippen LogP contribution in [0, 0.1) is 0 Å². The molecule has 2 rings (SSSR count). The van der Waals surface area contributed by atoms with E-state index in [1.54, 1.807) is 24.8 Å². The van der Waals surface area contributed by atoms with Crippen LogP contribution in [0.2, 0.25) is 0 Å². The Balaban J connectivity index is 2.47. The number of nitrogens with zero attached hydrogens (tertiary/aromatic N) is 4. The van der Waals surface area contributed by atoms with E-state index in [4.69, 9.17) is 4.74 Å². The van der Waals surface area contributed by atoms with Gasteiger partial charge in [-0.15, -0.1) is 0 Å². The number of aromatic nitrogens is 4. The van der Waals surface area contributed by atoms with Crippen molar-refractivity contribution in [2.45, 2.75) is 13.3 Å². The van der Waals surface area contributed by atoms with Gasteiger partial charge in [0.2, 0.25) is 5.78 Å². The first kappa shape index (κ1) is 12.3. The van der Waals surface area contributed by atoms with Crippen molar-refractivity contribution in [3.63, 3.8) is 0 Å². The zero-order valence-corrected chi connectivity index (χ0v) is 11.0. The monoisotopic (exact) mass is 248 g/mol. The summed E-state index contributed by atoms with van der Waals surface area (Å²) in [5.41, 5.74) is 1.86. The first-order valence-corrected chi connectivity index (χ1v) is 5.72. The minimum atomic E-state index is -0.137. The molecule has 0 aliphatic rings. The molecule has 0 atom stereocenters. The zero-order valence-electron chi connectivity index (χ0n) is 11.0. The molecule has 0 saturated carbocycles. The second kappa shape index (κ2) is 4.64. The van der Waals surface area contributed by atoms with Gasteiger partial charge in [0.25, 0.3) is 0 Å². The molecular weight excluding hydrogens is 232 g/mol. The summed E-state index contributed by atoms with van der Waals surface area (Å²) in [6.07, 6.45) is 2.33. The third-order valence-corrected chi connectivity index (χ3v) is 2.87. The highest BCUT2D eigenvalue weighted by molar-refractivity contribution is 6.08. The lowest BCUT2D eigenvalue weighted by molar-refractivity contribution is 0.101. The molecule has 0 unspecified atom stereocenters. The summed E-state index contributed by atoms with van der Waals surface area (Å²) in [5.74, 6) is 0.336. The minimum absolute atomic E-state index is 0.137. The largest absolute Gasteiger partial charge is 0.493 e. The molecule has 2 aromatic heterocycles. The molecule has 0 bridgehead atoms. The van der Waals surface area contributed by atoms with Gasteiger partial charge in [-0.3, -0.25) is 14.2 Å². The van der Waals surface area contributed by atoms with Gasteiger partial charge in [0.05, 0.1) is 19.0 Å². The van der Waals surface area contributed by atoms with Crippen LogP contribution in [-0.4, -0.2) is 32.5 Å². The molecule has 0 aliphatic carbocycles. The summed E-state index contributed by atoms with van der Waals surface area (Å²) in [4.78, 5) is 12.5. The quantitative estimate of drug-likeness (QED) is 0.756. The van der Waals surface area contributed by atoms with Crippen molar-refractivity contribution in [2.24, 2.45) is 14.1 Å². The van der Waals surface area contributed by atoms with E-state index < -0.39 is 0 Å². The number of methoxy groups -OCH3 is 1. The Labute approximate surface area is 105 Å². The molecule has 0 aromatic carbocycles. The minimum Gasteiger partial charge on any atom is -0.493 e. The van der Waals surface area contributed by atoms with Crippen molar-refractivity contribution in [3.8, 4) is 5.75 Å². The summed E-state index contributed by atoms with van der Waals surface area (Å²) in [5, 5.41) is 8.30. The third kappa shape index (κ3) is 1.90. The number of carbonyl (C=O) groups is 1. The Morgan fingerprint density at radius 2 is 2.11 bits per heavy atom. The van der Waals surface area contributed by atoms with Gasteiger partial charge < -0.3 is 4.74 Å². The number of ketones is 1. The Bertz CT molecular complexity index is 583. The van der Waals surface area contributed by atoms with Crippen molar-refractivity contribution < 1.29 is 9.53 Å². The van der Waals surface area contributed by atoms with Crippen LogP contribution in [0.15, 0.2) is 12.3 Å². The predicted molar refractivity (Wildman–Crippen MR) is 65.8 cm³/mol. The number of carbonyl (C=O) groups excluding carboxylic acids is 1. The normalized spacial score (nSPS) is 10.7. The van der Waals surface area contributed by atoms with Crippen molar-refractivity contribution in [1.29, 1.82) is 0 Å². The molecule has 2 heterocycles. The smallest absolute Gasteiger partial charge is 0.232 e. The van der Waals surface area contributed by atoms with Crippen LogP contribution in [0.25, 0.3) is 0 Å². The van der Waals surface area contributed by atoms with E-state index in [-0.39, 0.29) is 5.78 Å². The van der Waals surface area contributed by atoms with Crippen LogP contribution in [0.5, 0.6) is 5.75 Å². The number of rotatable bonds is 4. The van der Waals surface area contributed by atoms with Gasteiger partial charge in [0.15, 0.2) is 11.4 Å². The van der Waals surface area contributed by atoms with Gasteiger partial charge >= 0.3 is 0 Å². The molecular formula is C12H16N4O2. The summed E-state index contributed by atoms with van der Waals surface area (Å²) >= 11 is 0. The number of hydrogen-bond acceptors (Lipinski definition) is 4. The Hall–Kier alpha value is -2.11. The molecule has 0 amide bonds. The molecule has 0 N–H and O–H groups in total. The van der Waals surface area contributed by atoms with E-state index in [0.717, 1.165) is 12.1 Å². The molecule has 0 fully saturated rings. The molecule has 0 spiro atoms.